The number of aromatic nitrogens is 7. The first-order valence-corrected chi connectivity index (χ1v) is 24.4. The monoisotopic (exact) mass is 927 g/mol. The summed E-state index contributed by atoms with van der Waals surface area (Å²) >= 11 is 1.79. The summed E-state index contributed by atoms with van der Waals surface area (Å²) < 4.78 is 47.7. The molecule has 6 aromatic heterocycles. The molecule has 0 aliphatic carbocycles. The van der Waals surface area contributed by atoms with Gasteiger partial charge in [0.15, 0.2) is 5.82 Å². The highest BCUT2D eigenvalue weighted by Crippen LogP contribution is 2.46. The molecule has 6 heterocycles. The fraction of sp³-hybridized carbons (Fsp3) is 0. The smallest absolute Gasteiger partial charge is 0.240 e. The molecule has 0 aliphatic rings. The summed E-state index contributed by atoms with van der Waals surface area (Å²) in [5.41, 5.74) is 9.25. The Morgan fingerprint density at radius 3 is 1.34 bits per heavy atom. The van der Waals surface area contributed by atoms with Gasteiger partial charge in [-0.1, -0.05) is 158 Å². The van der Waals surface area contributed by atoms with Crippen LogP contribution in [0, 0.1) is 0 Å². The second-order valence-electron chi connectivity index (χ2n) is 18.0. The maximum Gasteiger partial charge on any atom is 0.240 e. The van der Waals surface area contributed by atoms with Crippen LogP contribution >= 0.6 is 11.3 Å². The lowest BCUT2D eigenvalue weighted by Crippen LogP contribution is -2.12. The van der Waals surface area contributed by atoms with Gasteiger partial charge in [0.2, 0.25) is 11.9 Å². The molecule has 0 fully saturated rings. The summed E-state index contributed by atoms with van der Waals surface area (Å²) in [5, 5.41) is 9.90. The molecule has 71 heavy (non-hydrogen) atoms. The molecule has 0 atom stereocenters. The number of rotatable bonds is 5. The van der Waals surface area contributed by atoms with Gasteiger partial charge < -0.3 is 9.13 Å². The van der Waals surface area contributed by atoms with E-state index in [1.54, 1.807) is 15.9 Å². The first-order valence-electron chi connectivity index (χ1n) is 25.6. The lowest BCUT2D eigenvalue weighted by molar-refractivity contribution is 0.891. The Bertz CT molecular complexity index is 5050. The number of nitrogens with zero attached hydrogens (tertiary/aromatic N) is 7. The number of fused-ring (bicyclic) bond motifs is 16. The predicted octanol–water partition coefficient (Wildman–Crippen LogP) is 16.3. The van der Waals surface area contributed by atoms with Gasteiger partial charge in [-0.05, 0) is 66.7 Å². The number of hydrogen-bond donors (Lipinski definition) is 0. The molecule has 16 rings (SSSR count). The van der Waals surface area contributed by atoms with Crippen LogP contribution in [0.1, 0.15) is 5.48 Å². The summed E-state index contributed by atoms with van der Waals surface area (Å²) in [5.74, 6) is 0.907. The summed E-state index contributed by atoms with van der Waals surface area (Å²) in [4.78, 5) is 16.8. The van der Waals surface area contributed by atoms with Crippen molar-refractivity contribution in [2.75, 3.05) is 0 Å². The number of para-hydroxylation sites is 7. The van der Waals surface area contributed by atoms with E-state index in [0.29, 0.717) is 28.1 Å². The van der Waals surface area contributed by atoms with Crippen molar-refractivity contribution in [2.45, 2.75) is 0 Å². The van der Waals surface area contributed by atoms with Gasteiger partial charge in [0.1, 0.15) is 0 Å². The second kappa shape index (κ2) is 14.6. The molecule has 7 nitrogen and oxygen atoms in total. The molecule has 16 aromatic rings. The topological polar surface area (TPSA) is 58.4 Å². The summed E-state index contributed by atoms with van der Waals surface area (Å²) in [6.07, 6.45) is 0. The fourth-order valence-corrected chi connectivity index (χ4v) is 12.6. The molecule has 330 valence electrons. The van der Waals surface area contributed by atoms with Crippen molar-refractivity contribution in [3.8, 4) is 34.7 Å². The zero-order chi connectivity index (χ0) is 49.8. The van der Waals surface area contributed by atoms with Crippen molar-refractivity contribution in [1.82, 2.24) is 33.2 Å². The highest BCUT2D eigenvalue weighted by molar-refractivity contribution is 7.26. The summed E-state index contributed by atoms with van der Waals surface area (Å²) in [6, 6.07) is 68.5. The Balaban J connectivity index is 1.13. The van der Waals surface area contributed by atoms with E-state index in [-0.39, 0.29) is 35.6 Å². The maximum atomic E-state index is 9.56. The number of benzene rings is 10. The Morgan fingerprint density at radius 2 is 0.761 bits per heavy atom. The molecule has 0 saturated heterocycles. The Kier molecular flexibility index (Phi) is 7.15. The molecule has 0 unspecified atom stereocenters. The molecule has 0 bridgehead atoms. The average molecular weight is 928 g/mol. The zero-order valence-corrected chi connectivity index (χ0v) is 38.4. The first-order chi connectivity index (χ1) is 36.9. The SMILES string of the molecule is [2H]c1c([2H])c([2H])c2c(c1[2H])c1ccccc1n2-c1nc(-c2c(-n3c4ccccc4c4ccccc43)cccc2-n2c3ccccc3c3ccc4sc5ccccc5c4c32)nc(-n2c3ccccc3c3ccccc32)n1. The van der Waals surface area contributed by atoms with Crippen LogP contribution in [0.15, 0.2) is 224 Å². The Labute approximate surface area is 414 Å². The van der Waals surface area contributed by atoms with Crippen LogP contribution in [-0.2, 0) is 0 Å². The van der Waals surface area contributed by atoms with Crippen molar-refractivity contribution in [3.05, 3.63) is 224 Å². The molecule has 10 aromatic carbocycles. The Morgan fingerprint density at radius 1 is 0.324 bits per heavy atom. The standard InChI is InChI=1S/C63H37N7S/c1-9-26-47-38(18-1)39-19-2-10-27-48(39)67(47)54-33-17-34-55(68-49-28-11-7-24-44(49)45-36-37-57-58(60(45)68)46-25-8-16-35-56(46)71-57)59(54)61-64-62(69-50-29-12-3-20-40(50)41-21-4-13-30-51(41)69)66-63(65-61)70-52-31-14-5-22-42(52)43-23-6-15-32-53(43)70/h1-37H/i3D,12D,20D,29D. The van der Waals surface area contributed by atoms with E-state index in [2.05, 4.69) is 165 Å². The highest BCUT2D eigenvalue weighted by Gasteiger charge is 2.28. The third-order valence-electron chi connectivity index (χ3n) is 14.4. The summed E-state index contributed by atoms with van der Waals surface area (Å²) in [6.45, 7) is 0. The van der Waals surface area contributed by atoms with Gasteiger partial charge in [0.25, 0.3) is 0 Å². The van der Waals surface area contributed by atoms with Gasteiger partial charge in [-0.3, -0.25) is 9.13 Å². The van der Waals surface area contributed by atoms with Crippen molar-refractivity contribution in [3.63, 3.8) is 0 Å². The third kappa shape index (κ3) is 5.34. The van der Waals surface area contributed by atoms with Crippen LogP contribution in [0.4, 0.5) is 0 Å². The van der Waals surface area contributed by atoms with E-state index in [1.807, 2.05) is 48.5 Å². The first kappa shape index (κ1) is 34.8. The summed E-state index contributed by atoms with van der Waals surface area (Å²) in [7, 11) is 0. The molecule has 0 N–H and O–H groups in total. The van der Waals surface area contributed by atoms with Crippen molar-refractivity contribution in [1.29, 1.82) is 0 Å². The van der Waals surface area contributed by atoms with E-state index < -0.39 is 0 Å². The van der Waals surface area contributed by atoms with Crippen LogP contribution in [0.3, 0.4) is 0 Å². The molecule has 0 amide bonds. The fourth-order valence-electron chi connectivity index (χ4n) is 11.5. The van der Waals surface area contributed by atoms with E-state index in [1.165, 1.54) is 20.2 Å². The highest BCUT2D eigenvalue weighted by atomic mass is 32.1. The van der Waals surface area contributed by atoms with E-state index in [4.69, 9.17) is 17.7 Å². The van der Waals surface area contributed by atoms with Gasteiger partial charge in [-0.2, -0.15) is 15.0 Å². The van der Waals surface area contributed by atoms with Crippen molar-refractivity contribution < 1.29 is 5.48 Å². The molecule has 8 heteroatoms. The van der Waals surface area contributed by atoms with Crippen LogP contribution in [0.5, 0.6) is 0 Å². The maximum absolute atomic E-state index is 9.56. The van der Waals surface area contributed by atoms with Gasteiger partial charge in [-0.15, -0.1) is 11.3 Å². The van der Waals surface area contributed by atoms with Crippen LogP contribution in [0.2, 0.25) is 0 Å². The Hall–Kier alpha value is -9.37. The van der Waals surface area contributed by atoms with Crippen LogP contribution in [0.25, 0.3) is 142 Å². The molecular formula is C63H37N7S. The lowest BCUT2D eigenvalue weighted by Gasteiger charge is -2.20. The number of thiophene rings is 1. The van der Waals surface area contributed by atoms with E-state index >= 15 is 0 Å². The largest absolute Gasteiger partial charge is 0.308 e. The van der Waals surface area contributed by atoms with Crippen molar-refractivity contribution in [2.24, 2.45) is 0 Å². The molecule has 0 aliphatic heterocycles. The third-order valence-corrected chi connectivity index (χ3v) is 15.5. The minimum absolute atomic E-state index is 0.129. The van der Waals surface area contributed by atoms with Crippen molar-refractivity contribution >= 4 is 119 Å². The quantitative estimate of drug-likeness (QED) is 0.173. The van der Waals surface area contributed by atoms with E-state index in [9.17, 15) is 2.74 Å². The van der Waals surface area contributed by atoms with Gasteiger partial charge in [-0.25, -0.2) is 0 Å². The van der Waals surface area contributed by atoms with Gasteiger partial charge >= 0.3 is 0 Å². The molecule has 0 spiro atoms. The lowest BCUT2D eigenvalue weighted by atomic mass is 10.1. The minimum atomic E-state index is -0.342. The zero-order valence-electron chi connectivity index (χ0n) is 41.6. The number of hydrogen-bond acceptors (Lipinski definition) is 4. The minimum Gasteiger partial charge on any atom is -0.308 e. The average Bonchev–Trinajstić information content (AvgIpc) is 4.29. The van der Waals surface area contributed by atoms with Gasteiger partial charge in [0, 0.05) is 63.3 Å². The predicted molar refractivity (Wildman–Crippen MR) is 296 cm³/mol. The molecular weight excluding hydrogens is 887 g/mol. The van der Waals surface area contributed by atoms with Gasteiger partial charge in [0.05, 0.1) is 66.6 Å². The molecule has 0 radical (unpaired) electrons. The van der Waals surface area contributed by atoms with Crippen LogP contribution in [-0.4, -0.2) is 33.2 Å². The van der Waals surface area contributed by atoms with Crippen LogP contribution < -0.4 is 0 Å². The molecule has 0 saturated carbocycles. The van der Waals surface area contributed by atoms with E-state index in [0.717, 1.165) is 82.4 Å². The second-order valence-corrected chi connectivity index (χ2v) is 19.1. The normalized spacial score (nSPS) is 13.0.